The molecular weight excluding hydrogens is 307 g/mol. The van der Waals surface area contributed by atoms with Crippen molar-refractivity contribution in [3.63, 3.8) is 0 Å². The molecule has 0 spiro atoms. The van der Waals surface area contributed by atoms with E-state index >= 15 is 0 Å². The van der Waals surface area contributed by atoms with E-state index in [1.807, 2.05) is 0 Å². The average Bonchev–Trinajstić information content (AvgIpc) is 2.87. The van der Waals surface area contributed by atoms with Gasteiger partial charge in [-0.25, -0.2) is 4.39 Å². The first kappa shape index (κ1) is 14.3. The summed E-state index contributed by atoms with van der Waals surface area (Å²) in [7, 11) is 1.69. The van der Waals surface area contributed by atoms with Crippen molar-refractivity contribution >= 4 is 33.3 Å². The third-order valence-electron chi connectivity index (χ3n) is 3.14. The number of carbonyl (C=O) groups excluding carboxylic acids is 1. The van der Waals surface area contributed by atoms with E-state index in [-0.39, 0.29) is 10.9 Å². The topological polar surface area (TPSA) is 76.9 Å². The lowest BCUT2D eigenvalue weighted by Gasteiger charge is -2.08. The highest BCUT2D eigenvalue weighted by Gasteiger charge is 2.16. The van der Waals surface area contributed by atoms with E-state index < -0.39 is 17.2 Å². The van der Waals surface area contributed by atoms with Gasteiger partial charge in [-0.3, -0.25) is 14.9 Å². The normalized spacial score (nSPS) is 10.9. The standard InChI is InChI=1S/C14H11FN4O2S/c1-7-17-18-14(22-7)16-13(21)10-6-19(2)11-4-3-8(15)5-9(11)12(10)20/h3-6H,1-2H3,(H,16,18,21). The lowest BCUT2D eigenvalue weighted by Crippen LogP contribution is -2.23. The summed E-state index contributed by atoms with van der Waals surface area (Å²) < 4.78 is 15.0. The van der Waals surface area contributed by atoms with Crippen LogP contribution in [0, 0.1) is 12.7 Å². The second kappa shape index (κ2) is 5.30. The highest BCUT2D eigenvalue weighted by Crippen LogP contribution is 2.16. The van der Waals surface area contributed by atoms with Crippen molar-refractivity contribution in [2.24, 2.45) is 7.05 Å². The average molecular weight is 318 g/mol. The second-order valence-electron chi connectivity index (χ2n) is 4.72. The predicted molar refractivity (Wildman–Crippen MR) is 81.7 cm³/mol. The van der Waals surface area contributed by atoms with E-state index in [0.717, 1.165) is 6.07 Å². The van der Waals surface area contributed by atoms with Crippen molar-refractivity contribution in [1.29, 1.82) is 0 Å². The Hall–Kier alpha value is -2.61. The molecule has 0 aliphatic heterocycles. The fourth-order valence-corrected chi connectivity index (χ4v) is 2.72. The number of aryl methyl sites for hydroxylation is 2. The molecule has 0 aliphatic carbocycles. The zero-order valence-electron chi connectivity index (χ0n) is 11.8. The third kappa shape index (κ3) is 2.48. The maximum absolute atomic E-state index is 13.4. The Morgan fingerprint density at radius 3 is 2.82 bits per heavy atom. The number of hydrogen-bond donors (Lipinski definition) is 1. The van der Waals surface area contributed by atoms with Crippen LogP contribution in [0.1, 0.15) is 15.4 Å². The Bertz CT molecular complexity index is 948. The van der Waals surface area contributed by atoms with Crippen molar-refractivity contribution < 1.29 is 9.18 Å². The van der Waals surface area contributed by atoms with Crippen LogP contribution < -0.4 is 10.7 Å². The minimum atomic E-state index is -0.595. The van der Waals surface area contributed by atoms with Gasteiger partial charge in [0.05, 0.1) is 5.52 Å². The second-order valence-corrected chi connectivity index (χ2v) is 5.91. The zero-order valence-corrected chi connectivity index (χ0v) is 12.6. The summed E-state index contributed by atoms with van der Waals surface area (Å²) in [6.45, 7) is 1.76. The van der Waals surface area contributed by atoms with Crippen LogP contribution in [0.3, 0.4) is 0 Å². The van der Waals surface area contributed by atoms with Crippen molar-refractivity contribution in [3.8, 4) is 0 Å². The number of halogens is 1. The first-order chi connectivity index (χ1) is 10.5. The van der Waals surface area contributed by atoms with Crippen LogP contribution in [0.15, 0.2) is 29.2 Å². The van der Waals surface area contributed by atoms with Crippen LogP contribution in [0.25, 0.3) is 10.9 Å². The van der Waals surface area contributed by atoms with E-state index in [2.05, 4.69) is 15.5 Å². The van der Waals surface area contributed by atoms with Gasteiger partial charge in [0.25, 0.3) is 5.91 Å². The van der Waals surface area contributed by atoms with Gasteiger partial charge in [-0.1, -0.05) is 11.3 Å². The number of carbonyl (C=O) groups is 1. The highest BCUT2D eigenvalue weighted by molar-refractivity contribution is 7.15. The molecule has 2 heterocycles. The monoisotopic (exact) mass is 318 g/mol. The van der Waals surface area contributed by atoms with Crippen LogP contribution in [-0.2, 0) is 7.05 Å². The fraction of sp³-hybridized carbons (Fsp3) is 0.143. The molecule has 1 N–H and O–H groups in total. The Labute approximate surface area is 128 Å². The van der Waals surface area contributed by atoms with Gasteiger partial charge in [0.1, 0.15) is 16.4 Å². The van der Waals surface area contributed by atoms with Gasteiger partial charge >= 0.3 is 0 Å². The van der Waals surface area contributed by atoms with Crippen molar-refractivity contribution in [1.82, 2.24) is 14.8 Å². The number of anilines is 1. The van der Waals surface area contributed by atoms with E-state index in [1.165, 1.54) is 29.7 Å². The Kier molecular flexibility index (Phi) is 3.45. The van der Waals surface area contributed by atoms with Gasteiger partial charge in [-0.2, -0.15) is 0 Å². The van der Waals surface area contributed by atoms with Gasteiger partial charge in [0, 0.05) is 18.6 Å². The molecule has 0 unspecified atom stereocenters. The number of benzene rings is 1. The summed E-state index contributed by atoms with van der Waals surface area (Å²) in [6.07, 6.45) is 1.42. The SMILES string of the molecule is Cc1nnc(NC(=O)c2cn(C)c3ccc(F)cc3c2=O)s1. The minimum Gasteiger partial charge on any atom is -0.350 e. The highest BCUT2D eigenvalue weighted by atomic mass is 32.1. The van der Waals surface area contributed by atoms with Gasteiger partial charge in [-0.15, -0.1) is 10.2 Å². The molecule has 22 heavy (non-hydrogen) atoms. The van der Waals surface area contributed by atoms with Gasteiger partial charge < -0.3 is 4.57 Å². The summed E-state index contributed by atoms with van der Waals surface area (Å²) in [5.41, 5.74) is -0.0468. The number of pyridine rings is 1. The minimum absolute atomic E-state index is 0.0755. The third-order valence-corrected chi connectivity index (χ3v) is 3.90. The molecule has 3 rings (SSSR count). The lowest BCUT2D eigenvalue weighted by atomic mass is 10.1. The first-order valence-corrected chi connectivity index (χ1v) is 7.17. The molecule has 112 valence electrons. The largest absolute Gasteiger partial charge is 0.350 e. The molecule has 0 radical (unpaired) electrons. The van der Waals surface area contributed by atoms with Crippen LogP contribution in [0.2, 0.25) is 0 Å². The van der Waals surface area contributed by atoms with Gasteiger partial charge in [-0.05, 0) is 25.1 Å². The molecule has 0 saturated heterocycles. The maximum Gasteiger partial charge on any atom is 0.262 e. The predicted octanol–water partition coefficient (Wildman–Crippen LogP) is 2.09. The summed E-state index contributed by atoms with van der Waals surface area (Å²) in [5, 5.41) is 11.3. The molecule has 0 bridgehead atoms. The summed E-state index contributed by atoms with van der Waals surface area (Å²) in [5.74, 6) is -1.12. The zero-order chi connectivity index (χ0) is 15.9. The molecule has 0 fully saturated rings. The Morgan fingerprint density at radius 1 is 1.36 bits per heavy atom. The number of nitrogens with zero attached hydrogens (tertiary/aromatic N) is 3. The molecule has 0 atom stereocenters. The molecule has 3 aromatic rings. The van der Waals surface area contributed by atoms with Gasteiger partial charge in [0.2, 0.25) is 10.6 Å². The molecule has 6 nitrogen and oxygen atoms in total. The van der Waals surface area contributed by atoms with Crippen LogP contribution in [0.4, 0.5) is 9.52 Å². The number of aromatic nitrogens is 3. The number of rotatable bonds is 2. The van der Waals surface area contributed by atoms with Crippen molar-refractivity contribution in [2.75, 3.05) is 5.32 Å². The van der Waals surface area contributed by atoms with Crippen LogP contribution in [0.5, 0.6) is 0 Å². The molecular formula is C14H11FN4O2S. The van der Waals surface area contributed by atoms with E-state index in [9.17, 15) is 14.0 Å². The molecule has 8 heteroatoms. The number of nitrogens with one attached hydrogen (secondary N) is 1. The Balaban J connectivity index is 2.09. The molecule has 2 aromatic heterocycles. The van der Waals surface area contributed by atoms with Crippen LogP contribution >= 0.6 is 11.3 Å². The summed E-state index contributed by atoms with van der Waals surface area (Å²) in [4.78, 5) is 24.6. The molecule has 0 saturated carbocycles. The lowest BCUT2D eigenvalue weighted by molar-refractivity contribution is 0.102. The van der Waals surface area contributed by atoms with Crippen molar-refractivity contribution in [2.45, 2.75) is 6.92 Å². The van der Waals surface area contributed by atoms with Crippen molar-refractivity contribution in [3.05, 3.63) is 51.0 Å². The van der Waals surface area contributed by atoms with E-state index in [1.54, 1.807) is 18.5 Å². The van der Waals surface area contributed by atoms with Gasteiger partial charge in [0.15, 0.2) is 0 Å². The number of fused-ring (bicyclic) bond motifs is 1. The fourth-order valence-electron chi connectivity index (χ4n) is 2.14. The number of amides is 1. The summed E-state index contributed by atoms with van der Waals surface area (Å²) in [6, 6.07) is 3.90. The van der Waals surface area contributed by atoms with Crippen LogP contribution in [-0.4, -0.2) is 20.7 Å². The van der Waals surface area contributed by atoms with E-state index in [4.69, 9.17) is 0 Å². The summed E-state index contributed by atoms with van der Waals surface area (Å²) >= 11 is 1.20. The number of hydrogen-bond acceptors (Lipinski definition) is 5. The molecule has 1 amide bonds. The quantitative estimate of drug-likeness (QED) is 0.785. The molecule has 0 aliphatic rings. The Morgan fingerprint density at radius 2 is 2.14 bits per heavy atom. The maximum atomic E-state index is 13.4. The van der Waals surface area contributed by atoms with E-state index in [0.29, 0.717) is 15.7 Å². The molecule has 1 aromatic carbocycles. The smallest absolute Gasteiger partial charge is 0.262 e. The first-order valence-electron chi connectivity index (χ1n) is 6.36.